The van der Waals surface area contributed by atoms with Gasteiger partial charge in [0.15, 0.2) is 23.1 Å². The average Bonchev–Trinajstić information content (AvgIpc) is 1.29. The Kier molecular flexibility index (Phi) is 39.4. The molecule has 10 rings (SSSR count). The van der Waals surface area contributed by atoms with Crippen molar-refractivity contribution in [1.29, 1.82) is 0 Å². The van der Waals surface area contributed by atoms with Crippen LogP contribution in [0, 0.1) is 93.8 Å². The van der Waals surface area contributed by atoms with Gasteiger partial charge in [0.1, 0.15) is 11.5 Å². The minimum atomic E-state index is -0.264. The van der Waals surface area contributed by atoms with Crippen molar-refractivity contribution in [2.75, 3.05) is 27.9 Å². The molecule has 1 unspecified atom stereocenters. The molecule has 1 N–H and O–H groups in total. The minimum absolute atomic E-state index is 0. The molecule has 0 heterocycles. The van der Waals surface area contributed by atoms with Gasteiger partial charge in [-0.3, -0.25) is 29.2 Å². The number of rotatable bonds is 19. The summed E-state index contributed by atoms with van der Waals surface area (Å²) in [5.74, 6) is -1.93. The number of para-hydroxylation sites is 2. The molecule has 0 bridgehead atoms. The Morgan fingerprint density at radius 2 is 0.567 bits per heavy atom. The van der Waals surface area contributed by atoms with Crippen LogP contribution in [0.4, 0.5) is 0 Å². The van der Waals surface area contributed by atoms with E-state index in [4.69, 9.17) is 14.6 Å². The number of ether oxygens (including phenoxy) is 2. The molecular formula is C80H68N2O13Yb2. The van der Waals surface area contributed by atoms with Gasteiger partial charge in [-0.15, -0.1) is 0 Å². The fraction of sp³-hybridized carbons (Fsp3) is 0.0750. The van der Waals surface area contributed by atoms with E-state index in [9.17, 15) is 49.8 Å². The van der Waals surface area contributed by atoms with Crippen LogP contribution in [0.1, 0.15) is 81.7 Å². The Balaban J connectivity index is 0.000000315. The maximum absolute atomic E-state index is 12.0. The molecule has 97 heavy (non-hydrogen) atoms. The van der Waals surface area contributed by atoms with Crippen LogP contribution < -0.4 is 40.1 Å². The molecule has 0 saturated carbocycles. The second kappa shape index (κ2) is 46.7. The molecule has 0 aromatic heterocycles. The molecular weight excluding hydrogens is 1540 g/mol. The van der Waals surface area contributed by atoms with Crippen molar-refractivity contribution in [2.45, 2.75) is 13.0 Å². The third kappa shape index (κ3) is 29.2. The van der Waals surface area contributed by atoms with Gasteiger partial charge in [0.2, 0.25) is 0 Å². The summed E-state index contributed by atoms with van der Waals surface area (Å²) in [6.45, 7) is 2.27. The molecule has 2 radical (unpaired) electrons. The van der Waals surface area contributed by atoms with Gasteiger partial charge < -0.3 is 45.2 Å². The van der Waals surface area contributed by atoms with E-state index in [1.165, 1.54) is 26.6 Å². The van der Waals surface area contributed by atoms with Gasteiger partial charge in [-0.2, -0.15) is 0 Å². The second-order valence-electron chi connectivity index (χ2n) is 19.8. The maximum atomic E-state index is 12.0. The molecule has 17 heteroatoms. The predicted octanol–water partition coefficient (Wildman–Crippen LogP) is 10.5. The maximum Gasteiger partial charge on any atom is 3.00 e. The topological polar surface area (TPSA) is 270 Å². The molecule has 0 aliphatic rings. The van der Waals surface area contributed by atoms with E-state index < -0.39 is 0 Å². The van der Waals surface area contributed by atoms with Crippen molar-refractivity contribution >= 4 is 58.6 Å². The summed E-state index contributed by atoms with van der Waals surface area (Å²) in [5.41, 5.74) is 5.12. The van der Waals surface area contributed by atoms with Gasteiger partial charge in [0, 0.05) is 41.8 Å². The van der Waals surface area contributed by atoms with Crippen LogP contribution in [-0.4, -0.2) is 74.6 Å². The van der Waals surface area contributed by atoms with Crippen molar-refractivity contribution in [1.82, 2.24) is 0 Å². The Hall–Kier alpha value is -9.42. The van der Waals surface area contributed by atoms with Gasteiger partial charge >= 0.3 is 93.8 Å². The van der Waals surface area contributed by atoms with Crippen LogP contribution in [0.2, 0.25) is 0 Å². The number of aliphatic hydroxyl groups is 1. The van der Waals surface area contributed by atoms with Crippen LogP contribution in [0.5, 0.6) is 23.0 Å². The van der Waals surface area contributed by atoms with Crippen LogP contribution in [0.15, 0.2) is 313 Å². The third-order valence-electron chi connectivity index (χ3n) is 13.0. The van der Waals surface area contributed by atoms with E-state index in [2.05, 4.69) is 9.98 Å². The number of hydrogen-bond donors (Lipinski definition) is 1. The molecule has 0 aliphatic heterocycles. The molecule has 0 fully saturated rings. The van der Waals surface area contributed by atoms with Crippen LogP contribution >= 0.6 is 0 Å². The van der Waals surface area contributed by atoms with Crippen molar-refractivity contribution < 1.29 is 158 Å². The molecule has 10 aromatic rings. The number of aliphatic hydroxyl groups excluding tert-OH is 1. The van der Waals surface area contributed by atoms with Gasteiger partial charge in [-0.1, -0.05) is 301 Å². The zero-order valence-electron chi connectivity index (χ0n) is 53.1. The summed E-state index contributed by atoms with van der Waals surface area (Å²) in [4.78, 5) is 55.6. The van der Waals surface area contributed by atoms with E-state index in [1.807, 2.05) is 55.5 Å². The van der Waals surface area contributed by atoms with E-state index in [0.29, 0.717) is 62.2 Å². The Morgan fingerprint density at radius 3 is 0.794 bits per heavy atom. The normalized spacial score (nSPS) is 11.1. The van der Waals surface area contributed by atoms with Crippen LogP contribution in [0.25, 0.3) is 23.0 Å². The SMILES string of the molecule is CO.COc1cccc(C=NCC(C)N=Cc2cccc(OC)c2[O-])c1[O-].O=C(/C=C(\[O-])c1ccccc1)c1ccccc1.O=C(/C=C(\[O-])c1ccccc1)c1ccccc1.O=C(/C=C(\[O-])c1ccccc1)c1ccccc1.O=C(/C=C(\[O-])c1ccccc1)c1ccccc1.[Yb+3].[Yb+3]. The largest absolute Gasteiger partial charge is 3.00 e. The summed E-state index contributed by atoms with van der Waals surface area (Å²) in [6.07, 6.45) is 7.56. The van der Waals surface area contributed by atoms with Crippen molar-refractivity contribution in [3.05, 3.63) is 359 Å². The second-order valence-corrected chi connectivity index (χ2v) is 19.8. The fourth-order valence-corrected chi connectivity index (χ4v) is 8.11. The number of hydrogen-bond acceptors (Lipinski definition) is 15. The quantitative estimate of drug-likeness (QED) is 0.0342. The summed E-state index contributed by atoms with van der Waals surface area (Å²) in [5, 5.41) is 78.0. The molecule has 10 aromatic carbocycles. The first-order chi connectivity index (χ1) is 46.1. The third-order valence-corrected chi connectivity index (χ3v) is 13.0. The smallest absolute Gasteiger partial charge is 0.872 e. The minimum Gasteiger partial charge on any atom is -0.872 e. The summed E-state index contributed by atoms with van der Waals surface area (Å²) < 4.78 is 9.99. The van der Waals surface area contributed by atoms with E-state index in [1.54, 1.807) is 231 Å². The number of allylic oxidation sites excluding steroid dienone is 4. The molecule has 1 atom stereocenters. The molecule has 0 aliphatic carbocycles. The summed E-state index contributed by atoms with van der Waals surface area (Å²) >= 11 is 0. The van der Waals surface area contributed by atoms with E-state index in [-0.39, 0.29) is 169 Å². The predicted molar refractivity (Wildman–Crippen MR) is 363 cm³/mol. The first-order valence-corrected chi connectivity index (χ1v) is 29.4. The monoisotopic (exact) mass is 1610 g/mol. The number of benzene rings is 10. The number of methoxy groups -OCH3 is 2. The van der Waals surface area contributed by atoms with Gasteiger partial charge in [-0.25, -0.2) is 0 Å². The molecule has 0 spiro atoms. The number of carbonyl (C=O) groups excluding carboxylic acids is 4. The van der Waals surface area contributed by atoms with Crippen molar-refractivity contribution in [2.24, 2.45) is 9.98 Å². The molecule has 15 nitrogen and oxygen atoms in total. The van der Waals surface area contributed by atoms with Gasteiger partial charge in [0.05, 0.1) is 26.8 Å². The van der Waals surface area contributed by atoms with Crippen molar-refractivity contribution in [3.8, 4) is 23.0 Å². The van der Waals surface area contributed by atoms with Crippen LogP contribution in [-0.2, 0) is 0 Å². The Labute approximate surface area is 642 Å². The average molecular weight is 1610 g/mol. The van der Waals surface area contributed by atoms with Gasteiger partial charge in [-0.05, 0) is 76.7 Å². The molecule has 0 amide bonds. The number of ketones is 4. The Bertz CT molecular complexity index is 3750. The van der Waals surface area contributed by atoms with E-state index in [0.717, 1.165) is 31.4 Å². The van der Waals surface area contributed by atoms with Crippen LogP contribution in [0.3, 0.4) is 0 Å². The summed E-state index contributed by atoms with van der Waals surface area (Å²) in [7, 11) is 3.91. The Morgan fingerprint density at radius 1 is 0.351 bits per heavy atom. The number of aliphatic imine (C=N–C) groups is 2. The first kappa shape index (κ1) is 81.8. The number of carbonyl (C=O) groups is 4. The standard InChI is InChI=1S/C19H22N2O4.4C15H12O2.CH4O.2Yb/c1-13(21-12-15-7-5-9-17(25-3)19(15)23)10-20-11-14-6-4-8-16(24-2)18(14)22;4*16-14(12-7-3-1-4-8-12)11-15(17)13-9-5-2-6-10-13;1-2;;/h4-9,11-13,22-23H,10H2,1-3H3;4*1-11,16H;2H,1H3;;/q;;;;;;2*+3/p-6/b;4*14-11-;;;. The zero-order chi connectivity index (χ0) is 68.6. The molecule has 504 valence electrons. The summed E-state index contributed by atoms with van der Waals surface area (Å²) in [6, 6.07) is 80.0. The van der Waals surface area contributed by atoms with Gasteiger partial charge in [0.25, 0.3) is 0 Å². The van der Waals surface area contributed by atoms with Crippen molar-refractivity contribution in [3.63, 3.8) is 0 Å². The molecule has 0 saturated heterocycles. The first-order valence-electron chi connectivity index (χ1n) is 29.4. The zero-order valence-corrected chi connectivity index (χ0v) is 56.5. The van der Waals surface area contributed by atoms with E-state index >= 15 is 0 Å². The number of nitrogens with zero attached hydrogens (tertiary/aromatic N) is 2. The fourth-order valence-electron chi connectivity index (χ4n) is 8.11.